The first-order valence-electron chi connectivity index (χ1n) is 5.62. The van der Waals surface area contributed by atoms with Crippen molar-refractivity contribution in [3.8, 4) is 0 Å². The summed E-state index contributed by atoms with van der Waals surface area (Å²) in [5, 5.41) is 7.96. The molecule has 0 amide bonds. The van der Waals surface area contributed by atoms with Gasteiger partial charge in [0.1, 0.15) is 5.38 Å². The number of carboxylic acid groups (broad SMARTS) is 1. The van der Waals surface area contributed by atoms with Crippen molar-refractivity contribution in [1.82, 2.24) is 4.90 Å². The summed E-state index contributed by atoms with van der Waals surface area (Å²) in [6.07, 6.45) is 3.50. The molecule has 1 saturated heterocycles. The summed E-state index contributed by atoms with van der Waals surface area (Å²) < 4.78 is 0. The van der Waals surface area contributed by atoms with Crippen LogP contribution < -0.4 is 0 Å². The van der Waals surface area contributed by atoms with E-state index in [0.29, 0.717) is 12.0 Å². The van der Waals surface area contributed by atoms with Crippen molar-refractivity contribution < 1.29 is 9.90 Å². The predicted molar refractivity (Wildman–Crippen MR) is 61.3 cm³/mol. The van der Waals surface area contributed by atoms with Crippen LogP contribution in [0.1, 0.15) is 33.1 Å². The van der Waals surface area contributed by atoms with E-state index in [1.54, 1.807) is 0 Å². The molecule has 0 aromatic carbocycles. The van der Waals surface area contributed by atoms with Gasteiger partial charge in [-0.3, -0.25) is 4.79 Å². The first-order chi connectivity index (χ1) is 7.03. The van der Waals surface area contributed by atoms with Crippen molar-refractivity contribution in [3.63, 3.8) is 0 Å². The lowest BCUT2D eigenvalue weighted by Gasteiger charge is -2.26. The third-order valence-corrected chi connectivity index (χ3v) is 4.03. The number of carboxylic acids is 1. The lowest BCUT2D eigenvalue weighted by atomic mass is 9.82. The molecule has 1 aliphatic rings. The van der Waals surface area contributed by atoms with Gasteiger partial charge in [0.05, 0.1) is 0 Å². The number of halogens is 1. The van der Waals surface area contributed by atoms with Gasteiger partial charge in [0, 0.05) is 13.1 Å². The summed E-state index contributed by atoms with van der Waals surface area (Å²) in [6, 6.07) is 0. The SMILES string of the molecule is CCC1(CC)CCN(CC(Cl)C(=O)O)C1. The molecular weight excluding hydrogens is 214 g/mol. The molecule has 3 nitrogen and oxygen atoms in total. The fourth-order valence-corrected chi connectivity index (χ4v) is 2.51. The Morgan fingerprint density at radius 3 is 2.53 bits per heavy atom. The first kappa shape index (κ1) is 12.8. The highest BCUT2D eigenvalue weighted by Gasteiger charge is 2.35. The molecule has 1 rings (SSSR count). The van der Waals surface area contributed by atoms with Crippen molar-refractivity contribution >= 4 is 17.6 Å². The van der Waals surface area contributed by atoms with Crippen molar-refractivity contribution in [2.75, 3.05) is 19.6 Å². The summed E-state index contributed by atoms with van der Waals surface area (Å²) in [6.45, 7) is 6.87. The van der Waals surface area contributed by atoms with Gasteiger partial charge in [-0.15, -0.1) is 11.6 Å². The molecule has 1 unspecified atom stereocenters. The lowest BCUT2D eigenvalue weighted by Crippen LogP contribution is -2.34. The Morgan fingerprint density at radius 2 is 2.13 bits per heavy atom. The standard InChI is InChI=1S/C11H20ClNO2/c1-3-11(4-2)5-6-13(8-11)7-9(12)10(14)15/h9H,3-8H2,1-2H3,(H,14,15). The van der Waals surface area contributed by atoms with E-state index in [0.717, 1.165) is 13.1 Å². The first-order valence-corrected chi connectivity index (χ1v) is 6.06. The number of rotatable bonds is 5. The van der Waals surface area contributed by atoms with Crippen molar-refractivity contribution in [2.24, 2.45) is 5.41 Å². The molecule has 0 aliphatic carbocycles. The van der Waals surface area contributed by atoms with Crippen molar-refractivity contribution in [2.45, 2.75) is 38.5 Å². The molecule has 15 heavy (non-hydrogen) atoms. The monoisotopic (exact) mass is 233 g/mol. The van der Waals surface area contributed by atoms with Crippen LogP contribution in [0.4, 0.5) is 0 Å². The molecule has 1 N–H and O–H groups in total. The van der Waals surface area contributed by atoms with E-state index in [4.69, 9.17) is 16.7 Å². The zero-order valence-electron chi connectivity index (χ0n) is 9.50. The summed E-state index contributed by atoms with van der Waals surface area (Å²) in [5.41, 5.74) is 0.398. The fraction of sp³-hybridized carbons (Fsp3) is 0.909. The van der Waals surface area contributed by atoms with Gasteiger partial charge in [-0.05, 0) is 31.2 Å². The molecule has 88 valence electrons. The van der Waals surface area contributed by atoms with Gasteiger partial charge in [-0.1, -0.05) is 13.8 Å². The number of likely N-dealkylation sites (tertiary alicyclic amines) is 1. The van der Waals surface area contributed by atoms with Gasteiger partial charge in [0.25, 0.3) is 0 Å². The quantitative estimate of drug-likeness (QED) is 0.741. The van der Waals surface area contributed by atoms with E-state index in [1.807, 2.05) is 0 Å². The third kappa shape index (κ3) is 3.08. The van der Waals surface area contributed by atoms with Crippen molar-refractivity contribution in [3.05, 3.63) is 0 Å². The molecule has 0 bridgehead atoms. The molecule has 1 heterocycles. The second-order valence-corrected chi connectivity index (χ2v) is 5.02. The minimum Gasteiger partial charge on any atom is -0.480 e. The van der Waals surface area contributed by atoms with E-state index in [9.17, 15) is 4.79 Å². The summed E-state index contributed by atoms with van der Waals surface area (Å²) in [7, 11) is 0. The number of hydrogen-bond donors (Lipinski definition) is 1. The molecule has 1 aliphatic heterocycles. The van der Waals surface area contributed by atoms with Crippen LogP contribution in [-0.2, 0) is 4.79 Å². The van der Waals surface area contributed by atoms with E-state index in [1.165, 1.54) is 19.3 Å². The fourth-order valence-electron chi connectivity index (χ4n) is 2.32. The molecule has 1 atom stereocenters. The summed E-state index contributed by atoms with van der Waals surface area (Å²) in [5.74, 6) is -0.915. The Hall–Kier alpha value is -0.280. The predicted octanol–water partition coefficient (Wildman–Crippen LogP) is 2.19. The zero-order valence-corrected chi connectivity index (χ0v) is 10.3. The van der Waals surface area contributed by atoms with Gasteiger partial charge >= 0.3 is 5.97 Å². The van der Waals surface area contributed by atoms with E-state index in [2.05, 4.69) is 18.7 Å². The Labute approximate surface area is 96.4 Å². The Morgan fingerprint density at radius 1 is 1.53 bits per heavy atom. The molecule has 0 saturated carbocycles. The van der Waals surface area contributed by atoms with E-state index in [-0.39, 0.29) is 0 Å². The maximum absolute atomic E-state index is 10.6. The van der Waals surface area contributed by atoms with Gasteiger partial charge in [-0.2, -0.15) is 0 Å². The van der Waals surface area contributed by atoms with E-state index < -0.39 is 11.3 Å². The normalized spacial score (nSPS) is 22.9. The number of carbonyl (C=O) groups is 1. The van der Waals surface area contributed by atoms with Crippen LogP contribution in [0.15, 0.2) is 0 Å². The Balaban J connectivity index is 2.45. The lowest BCUT2D eigenvalue weighted by molar-refractivity contribution is -0.136. The highest BCUT2D eigenvalue weighted by molar-refractivity contribution is 6.29. The number of alkyl halides is 1. The van der Waals surface area contributed by atoms with Crippen LogP contribution in [0.3, 0.4) is 0 Å². The van der Waals surface area contributed by atoms with Gasteiger partial charge < -0.3 is 10.0 Å². The van der Waals surface area contributed by atoms with Gasteiger partial charge in [0.15, 0.2) is 0 Å². The average Bonchev–Trinajstić information content (AvgIpc) is 2.62. The summed E-state index contributed by atoms with van der Waals surface area (Å²) >= 11 is 5.73. The maximum Gasteiger partial charge on any atom is 0.322 e. The van der Waals surface area contributed by atoms with Crippen LogP contribution in [0.5, 0.6) is 0 Å². The second kappa shape index (κ2) is 5.17. The Kier molecular flexibility index (Phi) is 4.41. The second-order valence-electron chi connectivity index (χ2n) is 4.50. The molecule has 4 heteroatoms. The topological polar surface area (TPSA) is 40.5 Å². The van der Waals surface area contributed by atoms with E-state index >= 15 is 0 Å². The van der Waals surface area contributed by atoms with Crippen LogP contribution in [-0.4, -0.2) is 41.0 Å². The number of nitrogens with zero attached hydrogens (tertiary/aromatic N) is 1. The largest absolute Gasteiger partial charge is 0.480 e. The molecule has 0 aromatic heterocycles. The highest BCUT2D eigenvalue weighted by atomic mass is 35.5. The van der Waals surface area contributed by atoms with Crippen LogP contribution in [0, 0.1) is 5.41 Å². The average molecular weight is 234 g/mol. The van der Waals surface area contributed by atoms with Crippen LogP contribution in [0.2, 0.25) is 0 Å². The summed E-state index contributed by atoms with van der Waals surface area (Å²) in [4.78, 5) is 12.8. The van der Waals surface area contributed by atoms with Crippen molar-refractivity contribution in [1.29, 1.82) is 0 Å². The van der Waals surface area contributed by atoms with Crippen LogP contribution >= 0.6 is 11.6 Å². The number of hydrogen-bond acceptors (Lipinski definition) is 2. The highest BCUT2D eigenvalue weighted by Crippen LogP contribution is 2.36. The molecular formula is C11H20ClNO2. The van der Waals surface area contributed by atoms with Crippen LogP contribution in [0.25, 0.3) is 0 Å². The van der Waals surface area contributed by atoms with Gasteiger partial charge in [-0.25, -0.2) is 0 Å². The smallest absolute Gasteiger partial charge is 0.322 e. The zero-order chi connectivity index (χ0) is 11.5. The third-order valence-electron chi connectivity index (χ3n) is 3.70. The molecule has 0 spiro atoms. The maximum atomic E-state index is 10.6. The minimum atomic E-state index is -0.915. The molecule has 0 radical (unpaired) electrons. The minimum absolute atomic E-state index is 0.398. The molecule has 1 fully saturated rings. The molecule has 0 aromatic rings. The number of aliphatic carboxylic acids is 1. The van der Waals surface area contributed by atoms with Gasteiger partial charge in [0.2, 0.25) is 0 Å². The Bertz CT molecular complexity index is 229.